The summed E-state index contributed by atoms with van der Waals surface area (Å²) in [7, 11) is 1.90. The van der Waals surface area contributed by atoms with Crippen LogP contribution in [0.2, 0.25) is 0 Å². The molecule has 3 rings (SSSR count). The molecule has 0 amide bonds. The lowest BCUT2D eigenvalue weighted by Crippen LogP contribution is -2.05. The van der Waals surface area contributed by atoms with E-state index in [1.165, 1.54) is 4.80 Å². The van der Waals surface area contributed by atoms with Gasteiger partial charge < -0.3 is 5.11 Å². The molecule has 1 unspecified atom stereocenters. The van der Waals surface area contributed by atoms with Crippen LogP contribution in [0, 0.1) is 0 Å². The fourth-order valence-electron chi connectivity index (χ4n) is 2.19. The average Bonchev–Trinajstić information content (AvgIpc) is 3.15. The number of hydrogen-bond donors (Lipinski definition) is 1. The minimum Gasteiger partial charge on any atom is -0.387 e. The molecule has 1 atom stereocenters. The number of nitrogens with zero attached hydrogens (tertiary/aromatic N) is 5. The van der Waals surface area contributed by atoms with Gasteiger partial charge in [-0.15, -0.1) is 0 Å². The van der Waals surface area contributed by atoms with Crippen molar-refractivity contribution in [2.45, 2.75) is 18.9 Å². The first-order valence-electron chi connectivity index (χ1n) is 6.86. The third-order valence-corrected chi connectivity index (χ3v) is 3.43. The minimum atomic E-state index is -0.627. The van der Waals surface area contributed by atoms with E-state index in [-0.39, 0.29) is 0 Å². The Balaban J connectivity index is 1.67. The lowest BCUT2D eigenvalue weighted by molar-refractivity contribution is 0.162. The molecule has 0 radical (unpaired) electrons. The molecule has 0 aliphatic heterocycles. The summed E-state index contributed by atoms with van der Waals surface area (Å²) in [4.78, 5) is 1.53. The van der Waals surface area contributed by atoms with Crippen LogP contribution in [0.15, 0.2) is 48.8 Å². The molecule has 0 saturated heterocycles. The van der Waals surface area contributed by atoms with Crippen LogP contribution < -0.4 is 0 Å². The molecule has 0 fully saturated rings. The quantitative estimate of drug-likeness (QED) is 0.773. The number of aromatic nitrogens is 5. The minimum absolute atomic E-state index is 0.584. The normalized spacial score (nSPS) is 12.5. The van der Waals surface area contributed by atoms with Gasteiger partial charge in [-0.1, -0.05) is 18.2 Å². The van der Waals surface area contributed by atoms with Gasteiger partial charge in [0.05, 0.1) is 18.0 Å². The van der Waals surface area contributed by atoms with Crippen LogP contribution in [-0.4, -0.2) is 29.9 Å². The Bertz CT molecular complexity index is 704. The van der Waals surface area contributed by atoms with Gasteiger partial charge in [-0.25, -0.2) is 0 Å². The van der Waals surface area contributed by atoms with Gasteiger partial charge in [0.1, 0.15) is 5.69 Å². The third-order valence-electron chi connectivity index (χ3n) is 3.43. The maximum Gasteiger partial charge on any atom is 0.112 e. The van der Waals surface area contributed by atoms with E-state index < -0.39 is 6.10 Å². The maximum atomic E-state index is 10.2. The Kier molecular flexibility index (Phi) is 3.79. The third kappa shape index (κ3) is 3.00. The number of para-hydroxylation sites is 1. The van der Waals surface area contributed by atoms with E-state index in [1.54, 1.807) is 12.4 Å². The van der Waals surface area contributed by atoms with Crippen molar-refractivity contribution in [2.24, 2.45) is 7.05 Å². The van der Waals surface area contributed by atoms with Gasteiger partial charge in [0.2, 0.25) is 0 Å². The summed E-state index contributed by atoms with van der Waals surface area (Å²) in [6.07, 6.45) is 4.08. The van der Waals surface area contributed by atoms with E-state index in [9.17, 15) is 5.11 Å². The molecule has 21 heavy (non-hydrogen) atoms. The molecule has 0 aliphatic carbocycles. The molecule has 0 spiro atoms. The fraction of sp³-hybridized carbons (Fsp3) is 0.267. The van der Waals surface area contributed by atoms with Crippen LogP contribution in [0.1, 0.15) is 23.9 Å². The van der Waals surface area contributed by atoms with Crippen LogP contribution >= 0.6 is 0 Å². The van der Waals surface area contributed by atoms with Gasteiger partial charge in [-0.2, -0.15) is 20.1 Å². The van der Waals surface area contributed by atoms with E-state index in [4.69, 9.17) is 0 Å². The van der Waals surface area contributed by atoms with Gasteiger partial charge >= 0.3 is 0 Å². The van der Waals surface area contributed by atoms with Crippen molar-refractivity contribution in [3.63, 3.8) is 0 Å². The number of aliphatic hydroxyl groups excluding tert-OH is 1. The Morgan fingerprint density at radius 2 is 1.95 bits per heavy atom. The molecule has 6 heteroatoms. The SMILES string of the molecule is Cn1nccc1CCC(O)c1cnn(-c2ccccc2)n1. The van der Waals surface area contributed by atoms with E-state index >= 15 is 0 Å². The number of rotatable bonds is 5. The Hall–Kier alpha value is -2.47. The zero-order chi connectivity index (χ0) is 14.7. The molecule has 6 nitrogen and oxygen atoms in total. The second-order valence-electron chi connectivity index (χ2n) is 4.90. The molecule has 108 valence electrons. The Morgan fingerprint density at radius 1 is 1.14 bits per heavy atom. The van der Waals surface area contributed by atoms with Crippen LogP contribution in [0.3, 0.4) is 0 Å². The second-order valence-corrected chi connectivity index (χ2v) is 4.90. The first kappa shape index (κ1) is 13.5. The van der Waals surface area contributed by atoms with Crippen LogP contribution in [0.5, 0.6) is 0 Å². The van der Waals surface area contributed by atoms with Crippen molar-refractivity contribution in [3.05, 3.63) is 60.2 Å². The van der Waals surface area contributed by atoms with Gasteiger partial charge in [0, 0.05) is 18.9 Å². The van der Waals surface area contributed by atoms with E-state index in [0.29, 0.717) is 12.1 Å². The Morgan fingerprint density at radius 3 is 2.67 bits per heavy atom. The molecule has 1 aromatic carbocycles. The summed E-state index contributed by atoms with van der Waals surface area (Å²) in [6, 6.07) is 11.6. The summed E-state index contributed by atoms with van der Waals surface area (Å²) in [5, 5.41) is 22.9. The van der Waals surface area contributed by atoms with Gasteiger partial charge in [-0.05, 0) is 31.0 Å². The molecule has 0 saturated carbocycles. The number of aliphatic hydroxyl groups is 1. The lowest BCUT2D eigenvalue weighted by atomic mass is 10.1. The van der Waals surface area contributed by atoms with Crippen molar-refractivity contribution in [2.75, 3.05) is 0 Å². The molecule has 1 N–H and O–H groups in total. The standard InChI is InChI=1S/C15H17N5O/c1-19-12(9-10-16-19)7-8-15(21)14-11-17-20(18-14)13-5-3-2-4-6-13/h2-6,9-11,15,21H,7-8H2,1H3. The maximum absolute atomic E-state index is 10.2. The molecule has 3 aromatic rings. The number of benzene rings is 1. The fourth-order valence-corrected chi connectivity index (χ4v) is 2.19. The monoisotopic (exact) mass is 283 g/mol. The predicted octanol–water partition coefficient (Wildman–Crippen LogP) is 1.67. The smallest absolute Gasteiger partial charge is 0.112 e. The largest absolute Gasteiger partial charge is 0.387 e. The highest BCUT2D eigenvalue weighted by molar-refractivity contribution is 5.28. The highest BCUT2D eigenvalue weighted by Gasteiger charge is 2.13. The molecular weight excluding hydrogens is 266 g/mol. The zero-order valence-corrected chi connectivity index (χ0v) is 11.8. The van der Waals surface area contributed by atoms with Gasteiger partial charge in [0.15, 0.2) is 0 Å². The molecular formula is C15H17N5O. The second kappa shape index (κ2) is 5.88. The summed E-state index contributed by atoms with van der Waals surface area (Å²) < 4.78 is 1.81. The molecule has 0 bridgehead atoms. The van der Waals surface area contributed by atoms with Crippen molar-refractivity contribution in [1.29, 1.82) is 0 Å². The van der Waals surface area contributed by atoms with E-state index in [1.807, 2.05) is 48.1 Å². The van der Waals surface area contributed by atoms with Gasteiger partial charge in [0.25, 0.3) is 0 Å². The Labute approximate surface area is 122 Å². The van der Waals surface area contributed by atoms with E-state index in [0.717, 1.165) is 17.8 Å². The molecule has 2 aromatic heterocycles. The summed E-state index contributed by atoms with van der Waals surface area (Å²) in [5.74, 6) is 0. The van der Waals surface area contributed by atoms with Crippen molar-refractivity contribution in [1.82, 2.24) is 24.8 Å². The lowest BCUT2D eigenvalue weighted by Gasteiger charge is -2.07. The first-order valence-corrected chi connectivity index (χ1v) is 6.86. The van der Waals surface area contributed by atoms with Gasteiger partial charge in [-0.3, -0.25) is 4.68 Å². The first-order chi connectivity index (χ1) is 10.2. The van der Waals surface area contributed by atoms with Crippen LogP contribution in [0.4, 0.5) is 0 Å². The summed E-state index contributed by atoms with van der Waals surface area (Å²) in [6.45, 7) is 0. The summed E-state index contributed by atoms with van der Waals surface area (Å²) >= 11 is 0. The highest BCUT2D eigenvalue weighted by Crippen LogP contribution is 2.17. The zero-order valence-electron chi connectivity index (χ0n) is 11.8. The molecule has 0 aliphatic rings. The molecule has 2 heterocycles. The number of hydrogen-bond acceptors (Lipinski definition) is 4. The summed E-state index contributed by atoms with van der Waals surface area (Å²) in [5.41, 5.74) is 2.55. The predicted molar refractivity (Wildman–Crippen MR) is 77.8 cm³/mol. The number of aryl methyl sites for hydroxylation is 2. The van der Waals surface area contributed by atoms with Crippen molar-refractivity contribution in [3.8, 4) is 5.69 Å². The van der Waals surface area contributed by atoms with Crippen molar-refractivity contribution < 1.29 is 5.11 Å². The van der Waals surface area contributed by atoms with E-state index in [2.05, 4.69) is 15.3 Å². The average molecular weight is 283 g/mol. The van der Waals surface area contributed by atoms with Crippen LogP contribution in [0.25, 0.3) is 5.69 Å². The highest BCUT2D eigenvalue weighted by atomic mass is 16.3. The van der Waals surface area contributed by atoms with Crippen LogP contribution in [-0.2, 0) is 13.5 Å². The topological polar surface area (TPSA) is 68.8 Å². The van der Waals surface area contributed by atoms with Crippen molar-refractivity contribution >= 4 is 0 Å².